The van der Waals surface area contributed by atoms with Gasteiger partial charge in [0, 0.05) is 16.0 Å². The highest BCUT2D eigenvalue weighted by Gasteiger charge is 2.31. The molecule has 8 nitrogen and oxygen atoms in total. The van der Waals surface area contributed by atoms with Gasteiger partial charge in [0.1, 0.15) is 17.3 Å². The Balaban J connectivity index is 1.43. The Kier molecular flexibility index (Phi) is 3.95. The third kappa shape index (κ3) is 2.62. The van der Waals surface area contributed by atoms with Crippen molar-refractivity contribution < 1.29 is 18.1 Å². The van der Waals surface area contributed by atoms with E-state index in [-0.39, 0.29) is 10.7 Å². The number of hydrogen-bond acceptors (Lipinski definition) is 4. The molecule has 0 atom stereocenters. The number of fused-ring (bicyclic) bond motifs is 3. The van der Waals surface area contributed by atoms with Gasteiger partial charge in [0.05, 0.1) is 12.7 Å². The van der Waals surface area contributed by atoms with Crippen LogP contribution in [-0.2, 0) is 42.5 Å². The third-order valence-corrected chi connectivity index (χ3v) is 7.31. The fraction of sp³-hybridized carbons (Fsp3) is 0.444. The van der Waals surface area contributed by atoms with E-state index in [0.717, 1.165) is 36.8 Å². The molecule has 2 aliphatic carbocycles. The van der Waals surface area contributed by atoms with Gasteiger partial charge in [0.25, 0.3) is 0 Å². The van der Waals surface area contributed by atoms with Gasteiger partial charge >= 0.3 is 6.03 Å². The van der Waals surface area contributed by atoms with Crippen LogP contribution in [0.3, 0.4) is 0 Å². The number of anilines is 1. The van der Waals surface area contributed by atoms with Crippen LogP contribution in [0.15, 0.2) is 11.1 Å². The molecule has 0 unspecified atom stereocenters. The molecule has 0 saturated heterocycles. The molecule has 5 rings (SSSR count). The number of ether oxygens (including phenoxy) is 1. The SMILES string of the molecule is N[SH](=O)(NC(=O)Nc1c2c(c(F)c3c1CCC3)CCC2)c1cnn2c1OCC2. The summed E-state index contributed by atoms with van der Waals surface area (Å²) in [4.78, 5) is 12.9. The van der Waals surface area contributed by atoms with Crippen LogP contribution >= 0.6 is 0 Å². The fourth-order valence-electron chi connectivity index (χ4n) is 4.52. The van der Waals surface area contributed by atoms with Gasteiger partial charge in [-0.2, -0.15) is 5.10 Å². The van der Waals surface area contributed by atoms with E-state index in [1.165, 1.54) is 6.20 Å². The van der Waals surface area contributed by atoms with E-state index in [4.69, 9.17) is 9.88 Å². The Bertz CT molecular complexity index is 1020. The molecule has 0 radical (unpaired) electrons. The monoisotopic (exact) mass is 407 g/mol. The maximum Gasteiger partial charge on any atom is 0.330 e. The van der Waals surface area contributed by atoms with Crippen molar-refractivity contribution in [2.75, 3.05) is 11.9 Å². The fourth-order valence-corrected chi connectivity index (χ4v) is 5.69. The zero-order chi connectivity index (χ0) is 19.5. The van der Waals surface area contributed by atoms with E-state index >= 15 is 0 Å². The standard InChI is InChI=1S/C18H22FN5O3S/c19-15-10-3-1-5-12(10)16(13-6-2-4-11(13)15)22-18(25)23-28(20,26)14-9-21-24-7-8-27-17(14)24/h9,28H,1-8H2,(H4,20,22,23,25,26). The van der Waals surface area contributed by atoms with Crippen LogP contribution in [0, 0.1) is 5.82 Å². The van der Waals surface area contributed by atoms with Crippen LogP contribution in [0.25, 0.3) is 0 Å². The van der Waals surface area contributed by atoms with Crippen molar-refractivity contribution in [3.05, 3.63) is 34.3 Å². The van der Waals surface area contributed by atoms with Crippen LogP contribution in [0.4, 0.5) is 14.9 Å². The molecule has 150 valence electrons. The highest BCUT2D eigenvalue weighted by Crippen LogP contribution is 2.41. The second-order valence-corrected chi connectivity index (χ2v) is 9.46. The van der Waals surface area contributed by atoms with E-state index < -0.39 is 16.3 Å². The summed E-state index contributed by atoms with van der Waals surface area (Å²) < 4.78 is 37.1. The number of carbonyl (C=O) groups is 1. The Morgan fingerprint density at radius 3 is 2.50 bits per heavy atom. The normalized spacial score (nSPS) is 17.6. The highest BCUT2D eigenvalue weighted by molar-refractivity contribution is 7.99. The van der Waals surface area contributed by atoms with Gasteiger partial charge in [-0.15, -0.1) is 0 Å². The Morgan fingerprint density at radius 1 is 1.18 bits per heavy atom. The second kappa shape index (κ2) is 6.28. The highest BCUT2D eigenvalue weighted by atomic mass is 32.3. The van der Waals surface area contributed by atoms with Gasteiger partial charge in [-0.1, -0.05) is 0 Å². The molecule has 1 aromatic heterocycles. The van der Waals surface area contributed by atoms with E-state index in [9.17, 15) is 13.4 Å². The first-order chi connectivity index (χ1) is 13.5. The average molecular weight is 407 g/mol. The van der Waals surface area contributed by atoms with Gasteiger partial charge in [0.2, 0.25) is 5.88 Å². The number of carbonyl (C=O) groups excluding carboxylic acids is 1. The third-order valence-electron chi connectivity index (χ3n) is 5.75. The Labute approximate surface area is 162 Å². The van der Waals surface area contributed by atoms with Gasteiger partial charge < -0.3 is 10.1 Å². The van der Waals surface area contributed by atoms with Crippen LogP contribution in [0.5, 0.6) is 5.88 Å². The number of halogens is 1. The number of nitrogens with one attached hydrogen (secondary N) is 2. The molecule has 2 aromatic rings. The van der Waals surface area contributed by atoms with Crippen molar-refractivity contribution in [3.8, 4) is 5.88 Å². The summed E-state index contributed by atoms with van der Waals surface area (Å²) in [5.41, 5.74) is 3.78. The zero-order valence-electron chi connectivity index (χ0n) is 15.3. The summed E-state index contributed by atoms with van der Waals surface area (Å²) in [6, 6.07) is -0.668. The number of benzene rings is 1. The van der Waals surface area contributed by atoms with Crippen LogP contribution < -0.4 is 19.9 Å². The van der Waals surface area contributed by atoms with Crippen molar-refractivity contribution in [2.45, 2.75) is 50.0 Å². The lowest BCUT2D eigenvalue weighted by Crippen LogP contribution is -2.45. The number of nitrogens with zero attached hydrogens (tertiary/aromatic N) is 2. The van der Waals surface area contributed by atoms with Crippen molar-refractivity contribution >= 4 is 22.0 Å². The lowest BCUT2D eigenvalue weighted by molar-refractivity contribution is 0.256. The molecule has 0 spiro atoms. The van der Waals surface area contributed by atoms with Gasteiger partial charge in [0.15, 0.2) is 0 Å². The first-order valence-electron chi connectivity index (χ1n) is 9.47. The lowest BCUT2D eigenvalue weighted by Gasteiger charge is -2.22. The molecular weight excluding hydrogens is 385 g/mol. The van der Waals surface area contributed by atoms with Gasteiger partial charge in [-0.05, 0) is 60.8 Å². The number of aromatic nitrogens is 2. The number of nitrogens with two attached hydrogens (primary N) is 1. The Morgan fingerprint density at radius 2 is 1.82 bits per heavy atom. The predicted molar refractivity (Wildman–Crippen MR) is 102 cm³/mol. The minimum atomic E-state index is -3.72. The molecule has 2 heterocycles. The molecule has 1 aromatic carbocycles. The number of amides is 2. The molecule has 10 heteroatoms. The second-order valence-electron chi connectivity index (χ2n) is 7.44. The van der Waals surface area contributed by atoms with E-state index in [1.54, 1.807) is 4.68 Å². The molecular formula is C18H22FN5O3S. The molecule has 28 heavy (non-hydrogen) atoms. The van der Waals surface area contributed by atoms with Crippen LogP contribution in [-0.4, -0.2) is 26.6 Å². The predicted octanol–water partition coefficient (Wildman–Crippen LogP) is 1.38. The summed E-state index contributed by atoms with van der Waals surface area (Å²) in [5, 5.41) is 12.9. The van der Waals surface area contributed by atoms with Crippen LogP contribution in [0.2, 0.25) is 0 Å². The summed E-state index contributed by atoms with van der Waals surface area (Å²) in [6.45, 7) is 0.978. The first-order valence-corrected chi connectivity index (χ1v) is 11.3. The van der Waals surface area contributed by atoms with E-state index in [1.807, 2.05) is 0 Å². The largest absolute Gasteiger partial charge is 0.475 e. The molecule has 0 saturated carbocycles. The van der Waals surface area contributed by atoms with Gasteiger partial charge in [-0.3, -0.25) is 9.86 Å². The number of rotatable bonds is 3. The quantitative estimate of drug-likeness (QED) is 0.576. The first kappa shape index (κ1) is 17.6. The molecule has 0 bridgehead atoms. The number of urea groups is 1. The molecule has 3 aliphatic rings. The molecule has 4 N–H and O–H groups in total. The van der Waals surface area contributed by atoms with Crippen LogP contribution in [0.1, 0.15) is 35.1 Å². The molecule has 0 fully saturated rings. The number of thiol groups is 1. The van der Waals surface area contributed by atoms with Crippen molar-refractivity contribution in [2.24, 2.45) is 5.14 Å². The van der Waals surface area contributed by atoms with Crippen molar-refractivity contribution in [1.82, 2.24) is 14.5 Å². The average Bonchev–Trinajstić information content (AvgIpc) is 3.41. The smallest absolute Gasteiger partial charge is 0.330 e. The topological polar surface area (TPSA) is 111 Å². The maximum atomic E-state index is 14.8. The minimum absolute atomic E-state index is 0.108. The number of hydrogen-bond donors (Lipinski definition) is 4. The van der Waals surface area contributed by atoms with E-state index in [0.29, 0.717) is 48.7 Å². The summed E-state index contributed by atoms with van der Waals surface area (Å²) in [6.07, 6.45) is 5.89. The minimum Gasteiger partial charge on any atom is -0.475 e. The van der Waals surface area contributed by atoms with Crippen molar-refractivity contribution in [1.29, 1.82) is 0 Å². The summed E-state index contributed by atoms with van der Waals surface area (Å²) >= 11 is 0. The molecule has 2 amide bonds. The zero-order valence-corrected chi connectivity index (χ0v) is 16.2. The molecule has 1 aliphatic heterocycles. The lowest BCUT2D eigenvalue weighted by atomic mass is 9.98. The van der Waals surface area contributed by atoms with Gasteiger partial charge in [-0.25, -0.2) is 18.1 Å². The summed E-state index contributed by atoms with van der Waals surface area (Å²) in [5.74, 6) is 0.220. The van der Waals surface area contributed by atoms with Crippen molar-refractivity contribution in [3.63, 3.8) is 0 Å². The maximum absolute atomic E-state index is 14.8. The van der Waals surface area contributed by atoms with E-state index in [2.05, 4.69) is 15.1 Å². The Hall–Kier alpha value is -2.46. The summed E-state index contributed by atoms with van der Waals surface area (Å²) in [7, 11) is -3.72.